The SMILES string of the molecule is COc1ccc(-n2cnnc2SCC(=O)Nc2ccc3oc(C4CC4)nc3c2)cc1. The van der Waals surface area contributed by atoms with Crippen molar-refractivity contribution in [3.63, 3.8) is 0 Å². The van der Waals surface area contributed by atoms with Gasteiger partial charge in [0.1, 0.15) is 17.6 Å². The monoisotopic (exact) mass is 421 g/mol. The third kappa shape index (κ3) is 3.88. The number of hydrogen-bond donors (Lipinski definition) is 1. The highest BCUT2D eigenvalue weighted by molar-refractivity contribution is 7.99. The van der Waals surface area contributed by atoms with Gasteiger partial charge in [-0.2, -0.15) is 0 Å². The van der Waals surface area contributed by atoms with Crippen molar-refractivity contribution in [2.75, 3.05) is 18.2 Å². The highest BCUT2D eigenvalue weighted by Gasteiger charge is 2.28. The van der Waals surface area contributed by atoms with Crippen LogP contribution in [0, 0.1) is 0 Å². The summed E-state index contributed by atoms with van der Waals surface area (Å²) in [7, 11) is 1.63. The minimum atomic E-state index is -0.130. The quantitative estimate of drug-likeness (QED) is 0.450. The van der Waals surface area contributed by atoms with Crippen LogP contribution in [0.2, 0.25) is 0 Å². The second kappa shape index (κ2) is 7.83. The lowest BCUT2D eigenvalue weighted by Gasteiger charge is -2.08. The lowest BCUT2D eigenvalue weighted by molar-refractivity contribution is -0.113. The smallest absolute Gasteiger partial charge is 0.234 e. The number of oxazole rings is 1. The van der Waals surface area contributed by atoms with E-state index in [0.29, 0.717) is 16.8 Å². The second-order valence-corrected chi connectivity index (χ2v) is 7.97. The molecule has 4 aromatic rings. The maximum atomic E-state index is 12.4. The molecule has 1 saturated carbocycles. The number of anilines is 1. The van der Waals surface area contributed by atoms with Gasteiger partial charge < -0.3 is 14.5 Å². The molecule has 0 bridgehead atoms. The Labute approximate surface area is 176 Å². The Hall–Kier alpha value is -3.33. The number of carbonyl (C=O) groups is 1. The van der Waals surface area contributed by atoms with E-state index < -0.39 is 0 Å². The molecule has 5 rings (SSSR count). The molecule has 1 amide bonds. The average Bonchev–Trinajstić information content (AvgIpc) is 3.36. The predicted molar refractivity (Wildman–Crippen MR) is 113 cm³/mol. The van der Waals surface area contributed by atoms with E-state index in [1.165, 1.54) is 11.8 Å². The standard InChI is InChI=1S/C21H19N5O3S/c1-28-16-7-5-15(6-8-16)26-12-22-25-21(26)30-11-19(27)23-14-4-9-18-17(10-14)24-20(29-18)13-2-3-13/h4-10,12-13H,2-3,11H2,1H3,(H,23,27). The molecule has 2 aromatic heterocycles. The molecule has 30 heavy (non-hydrogen) atoms. The summed E-state index contributed by atoms with van der Waals surface area (Å²) in [4.78, 5) is 17.0. The zero-order valence-corrected chi connectivity index (χ0v) is 17.1. The van der Waals surface area contributed by atoms with Gasteiger partial charge in [0, 0.05) is 17.3 Å². The Morgan fingerprint density at radius 1 is 1.27 bits per heavy atom. The van der Waals surface area contributed by atoms with E-state index in [-0.39, 0.29) is 11.7 Å². The topological polar surface area (TPSA) is 95.1 Å². The van der Waals surface area contributed by atoms with Crippen molar-refractivity contribution in [2.45, 2.75) is 23.9 Å². The van der Waals surface area contributed by atoms with E-state index in [4.69, 9.17) is 9.15 Å². The number of aromatic nitrogens is 4. The Morgan fingerprint density at radius 2 is 2.10 bits per heavy atom. The zero-order valence-electron chi connectivity index (χ0n) is 16.2. The van der Waals surface area contributed by atoms with Gasteiger partial charge in [0.05, 0.1) is 12.9 Å². The molecule has 1 aliphatic rings. The fraction of sp³-hybridized carbons (Fsp3) is 0.238. The van der Waals surface area contributed by atoms with Crippen LogP contribution in [0.15, 0.2) is 58.4 Å². The molecular weight excluding hydrogens is 402 g/mol. The van der Waals surface area contributed by atoms with Gasteiger partial charge in [-0.1, -0.05) is 11.8 Å². The molecule has 2 aromatic carbocycles. The minimum Gasteiger partial charge on any atom is -0.497 e. The van der Waals surface area contributed by atoms with Crippen molar-refractivity contribution in [3.8, 4) is 11.4 Å². The maximum absolute atomic E-state index is 12.4. The van der Waals surface area contributed by atoms with Gasteiger partial charge in [-0.15, -0.1) is 10.2 Å². The van der Waals surface area contributed by atoms with Gasteiger partial charge in [-0.3, -0.25) is 9.36 Å². The fourth-order valence-corrected chi connectivity index (χ4v) is 3.83. The predicted octanol–water partition coefficient (Wildman–Crippen LogP) is 4.03. The number of ether oxygens (including phenoxy) is 1. The molecule has 0 radical (unpaired) electrons. The summed E-state index contributed by atoms with van der Waals surface area (Å²) >= 11 is 1.32. The van der Waals surface area contributed by atoms with E-state index in [2.05, 4.69) is 20.5 Å². The largest absolute Gasteiger partial charge is 0.497 e. The van der Waals surface area contributed by atoms with Gasteiger partial charge in [0.25, 0.3) is 0 Å². The number of rotatable bonds is 7. The van der Waals surface area contributed by atoms with Crippen LogP contribution in [-0.2, 0) is 4.79 Å². The molecule has 152 valence electrons. The fourth-order valence-electron chi connectivity index (χ4n) is 3.10. The molecule has 9 heteroatoms. The van der Waals surface area contributed by atoms with E-state index in [9.17, 15) is 4.79 Å². The molecule has 0 saturated heterocycles. The van der Waals surface area contributed by atoms with Gasteiger partial charge >= 0.3 is 0 Å². The summed E-state index contributed by atoms with van der Waals surface area (Å²) in [6.45, 7) is 0. The van der Waals surface area contributed by atoms with Crippen molar-refractivity contribution in [3.05, 3.63) is 54.7 Å². The zero-order chi connectivity index (χ0) is 20.5. The summed E-state index contributed by atoms with van der Waals surface area (Å²) in [6, 6.07) is 13.1. The summed E-state index contributed by atoms with van der Waals surface area (Å²) in [5.74, 6) is 2.10. The molecule has 0 atom stereocenters. The number of thioether (sulfide) groups is 1. The van der Waals surface area contributed by atoms with Crippen LogP contribution >= 0.6 is 11.8 Å². The van der Waals surface area contributed by atoms with Crippen LogP contribution < -0.4 is 10.1 Å². The van der Waals surface area contributed by atoms with Crippen LogP contribution in [0.3, 0.4) is 0 Å². The highest BCUT2D eigenvalue weighted by atomic mass is 32.2. The van der Waals surface area contributed by atoms with Crippen molar-refractivity contribution >= 4 is 34.5 Å². The lowest BCUT2D eigenvalue weighted by Crippen LogP contribution is -2.14. The highest BCUT2D eigenvalue weighted by Crippen LogP contribution is 2.40. The second-order valence-electron chi connectivity index (χ2n) is 7.03. The van der Waals surface area contributed by atoms with Crippen molar-refractivity contribution in [2.24, 2.45) is 0 Å². The van der Waals surface area contributed by atoms with Gasteiger partial charge in [0.2, 0.25) is 5.91 Å². The average molecular weight is 421 g/mol. The first-order valence-electron chi connectivity index (χ1n) is 9.57. The number of hydrogen-bond acceptors (Lipinski definition) is 7. The first-order valence-corrected chi connectivity index (χ1v) is 10.6. The van der Waals surface area contributed by atoms with Gasteiger partial charge in [-0.25, -0.2) is 4.98 Å². The maximum Gasteiger partial charge on any atom is 0.234 e. The number of nitrogens with one attached hydrogen (secondary N) is 1. The van der Waals surface area contributed by atoms with Crippen molar-refractivity contribution in [1.29, 1.82) is 0 Å². The van der Waals surface area contributed by atoms with Crippen LogP contribution in [-0.4, -0.2) is 38.5 Å². The van der Waals surface area contributed by atoms with E-state index >= 15 is 0 Å². The molecule has 0 unspecified atom stereocenters. The summed E-state index contributed by atoms with van der Waals surface area (Å²) in [6.07, 6.45) is 3.89. The summed E-state index contributed by atoms with van der Waals surface area (Å²) < 4.78 is 12.8. The normalized spacial score (nSPS) is 13.5. The first-order chi connectivity index (χ1) is 14.7. The lowest BCUT2D eigenvalue weighted by atomic mass is 10.3. The molecule has 1 N–H and O–H groups in total. The first kappa shape index (κ1) is 18.7. The number of fused-ring (bicyclic) bond motifs is 1. The number of nitrogens with zero attached hydrogens (tertiary/aromatic N) is 4. The van der Waals surface area contributed by atoms with Crippen molar-refractivity contribution < 1.29 is 13.9 Å². The van der Waals surface area contributed by atoms with Crippen LogP contribution in [0.4, 0.5) is 5.69 Å². The third-order valence-electron chi connectivity index (χ3n) is 4.81. The molecule has 0 spiro atoms. The Balaban J connectivity index is 1.23. The van der Waals surface area contributed by atoms with E-state index in [0.717, 1.165) is 41.3 Å². The van der Waals surface area contributed by atoms with Crippen molar-refractivity contribution in [1.82, 2.24) is 19.7 Å². The third-order valence-corrected chi connectivity index (χ3v) is 5.76. The van der Waals surface area contributed by atoms with Gasteiger partial charge in [-0.05, 0) is 55.3 Å². The van der Waals surface area contributed by atoms with Crippen LogP contribution in [0.25, 0.3) is 16.8 Å². The molecule has 0 aliphatic heterocycles. The molecule has 1 fully saturated rings. The minimum absolute atomic E-state index is 0.130. The number of amides is 1. The Kier molecular flexibility index (Phi) is 4.88. The van der Waals surface area contributed by atoms with Gasteiger partial charge in [0.15, 0.2) is 16.6 Å². The van der Waals surface area contributed by atoms with E-state index in [1.54, 1.807) is 13.4 Å². The molecule has 1 aliphatic carbocycles. The molecule has 2 heterocycles. The van der Waals surface area contributed by atoms with E-state index in [1.807, 2.05) is 47.0 Å². The Bertz CT molecular complexity index is 1200. The molecule has 8 nitrogen and oxygen atoms in total. The van der Waals surface area contributed by atoms with Crippen LogP contribution in [0.5, 0.6) is 5.75 Å². The number of benzene rings is 2. The molecular formula is C21H19N5O3S. The Morgan fingerprint density at radius 3 is 2.87 bits per heavy atom. The summed E-state index contributed by atoms with van der Waals surface area (Å²) in [5, 5.41) is 11.6. The number of methoxy groups -OCH3 is 1. The number of carbonyl (C=O) groups excluding carboxylic acids is 1. The van der Waals surface area contributed by atoms with Crippen LogP contribution in [0.1, 0.15) is 24.7 Å². The summed E-state index contributed by atoms with van der Waals surface area (Å²) in [5.41, 5.74) is 3.10.